The number of nitrogens with zero attached hydrogens (tertiary/aromatic N) is 1. The molecule has 1 rings (SSSR count). The summed E-state index contributed by atoms with van der Waals surface area (Å²) in [6.07, 6.45) is 0. The average Bonchev–Trinajstić information content (AvgIpc) is 2.36. The summed E-state index contributed by atoms with van der Waals surface area (Å²) in [5, 5.41) is 11.1. The highest BCUT2D eigenvalue weighted by Gasteiger charge is 2.18. The molecule has 21 heavy (non-hydrogen) atoms. The van der Waals surface area contributed by atoms with E-state index in [0.717, 1.165) is 17.0 Å². The van der Waals surface area contributed by atoms with Crippen LogP contribution in [-0.2, 0) is 11.3 Å². The Labute approximate surface area is 129 Å². The fourth-order valence-corrected chi connectivity index (χ4v) is 2.01. The van der Waals surface area contributed by atoms with Crippen LogP contribution in [0.15, 0.2) is 16.6 Å². The van der Waals surface area contributed by atoms with Gasteiger partial charge in [-0.1, -0.05) is 22.9 Å². The van der Waals surface area contributed by atoms with E-state index in [-0.39, 0.29) is 23.1 Å². The van der Waals surface area contributed by atoms with E-state index in [2.05, 4.69) is 21.2 Å². The Hall–Kier alpha value is -1.70. The first-order chi connectivity index (χ1) is 9.72. The number of hydrogen-bond donors (Lipinski definition) is 2. The van der Waals surface area contributed by atoms with Gasteiger partial charge in [-0.05, 0) is 12.1 Å². The quantitative estimate of drug-likeness (QED) is 0.843. The lowest BCUT2D eigenvalue weighted by molar-refractivity contribution is -0.141. The monoisotopic (exact) mass is 364 g/mol. The third-order valence-electron chi connectivity index (χ3n) is 2.84. The molecule has 1 aromatic rings. The number of aliphatic carboxylic acids is 1. The van der Waals surface area contributed by atoms with Crippen molar-refractivity contribution in [1.29, 1.82) is 0 Å². The highest BCUT2D eigenvalue weighted by molar-refractivity contribution is 9.10. The van der Waals surface area contributed by atoms with Crippen molar-refractivity contribution in [2.24, 2.45) is 5.92 Å². The lowest BCUT2D eigenvalue weighted by Gasteiger charge is -2.20. The molecule has 0 aliphatic heterocycles. The molecule has 0 saturated carbocycles. The predicted octanol–water partition coefficient (Wildman–Crippen LogP) is 2.59. The van der Waals surface area contributed by atoms with Gasteiger partial charge in [0.05, 0.1) is 12.5 Å². The predicted molar refractivity (Wildman–Crippen MR) is 75.7 cm³/mol. The van der Waals surface area contributed by atoms with Crippen molar-refractivity contribution in [2.45, 2.75) is 13.5 Å². The maximum Gasteiger partial charge on any atom is 0.317 e. The maximum atomic E-state index is 13.6. The molecule has 0 aliphatic carbocycles. The summed E-state index contributed by atoms with van der Waals surface area (Å²) in [7, 11) is 1.41. The summed E-state index contributed by atoms with van der Waals surface area (Å²) in [6.45, 7) is 1.13. The molecule has 1 aromatic carbocycles. The molecule has 0 spiro atoms. The Balaban J connectivity index is 2.63. The van der Waals surface area contributed by atoms with Crippen LogP contribution in [0.1, 0.15) is 12.5 Å². The zero-order valence-electron chi connectivity index (χ0n) is 11.5. The number of hydrogen-bond acceptors (Lipinski definition) is 2. The first-order valence-electron chi connectivity index (χ1n) is 6.07. The van der Waals surface area contributed by atoms with Crippen molar-refractivity contribution in [3.05, 3.63) is 33.8 Å². The third kappa shape index (κ3) is 4.96. The topological polar surface area (TPSA) is 69.6 Å². The number of carbonyl (C=O) groups excluding carboxylic acids is 1. The molecule has 1 unspecified atom stereocenters. The molecule has 0 bridgehead atoms. The number of amides is 2. The van der Waals surface area contributed by atoms with Crippen LogP contribution in [0.25, 0.3) is 0 Å². The van der Waals surface area contributed by atoms with E-state index in [0.29, 0.717) is 0 Å². The highest BCUT2D eigenvalue weighted by atomic mass is 79.9. The minimum Gasteiger partial charge on any atom is -0.481 e. The van der Waals surface area contributed by atoms with Crippen LogP contribution < -0.4 is 5.32 Å². The van der Waals surface area contributed by atoms with Gasteiger partial charge in [-0.3, -0.25) is 4.79 Å². The molecular weight excluding hydrogens is 350 g/mol. The summed E-state index contributed by atoms with van der Waals surface area (Å²) < 4.78 is 27.4. The highest BCUT2D eigenvalue weighted by Crippen LogP contribution is 2.19. The smallest absolute Gasteiger partial charge is 0.317 e. The van der Waals surface area contributed by atoms with E-state index in [1.165, 1.54) is 14.0 Å². The zero-order chi connectivity index (χ0) is 16.2. The van der Waals surface area contributed by atoms with Crippen LogP contribution in [-0.4, -0.2) is 35.6 Å². The standard InChI is InChI=1S/C13H15BrF2N2O3/c1-7(12(19)20)6-18(2)13(21)17-5-9-10(15)3-8(14)4-11(9)16/h3-4,7H,5-6H2,1-2H3,(H,17,21)(H,19,20). The van der Waals surface area contributed by atoms with Gasteiger partial charge in [0.15, 0.2) is 0 Å². The fourth-order valence-electron chi connectivity index (χ4n) is 1.61. The van der Waals surface area contributed by atoms with Gasteiger partial charge in [0.25, 0.3) is 0 Å². The maximum absolute atomic E-state index is 13.6. The van der Waals surface area contributed by atoms with Crippen LogP contribution in [0.3, 0.4) is 0 Å². The van der Waals surface area contributed by atoms with Gasteiger partial charge in [-0.2, -0.15) is 0 Å². The molecule has 2 amide bonds. The van der Waals surface area contributed by atoms with Gasteiger partial charge in [-0.25, -0.2) is 13.6 Å². The zero-order valence-corrected chi connectivity index (χ0v) is 13.1. The normalized spacial score (nSPS) is 11.9. The van der Waals surface area contributed by atoms with Crippen LogP contribution >= 0.6 is 15.9 Å². The number of carboxylic acids is 1. The van der Waals surface area contributed by atoms with Gasteiger partial charge in [0.2, 0.25) is 0 Å². The van der Waals surface area contributed by atoms with Gasteiger partial charge in [0, 0.05) is 23.6 Å². The van der Waals surface area contributed by atoms with Gasteiger partial charge in [0.1, 0.15) is 11.6 Å². The van der Waals surface area contributed by atoms with E-state index in [4.69, 9.17) is 5.11 Å². The largest absolute Gasteiger partial charge is 0.481 e. The second-order valence-electron chi connectivity index (χ2n) is 4.63. The Morgan fingerprint density at radius 3 is 2.38 bits per heavy atom. The Morgan fingerprint density at radius 2 is 1.90 bits per heavy atom. The molecule has 0 heterocycles. The molecule has 0 radical (unpaired) electrons. The van der Waals surface area contributed by atoms with Crippen molar-refractivity contribution in [2.75, 3.05) is 13.6 Å². The van der Waals surface area contributed by atoms with Gasteiger partial charge in [-0.15, -0.1) is 0 Å². The number of carboxylic acid groups (broad SMARTS) is 1. The van der Waals surface area contributed by atoms with Crippen molar-refractivity contribution >= 4 is 27.9 Å². The van der Waals surface area contributed by atoms with E-state index >= 15 is 0 Å². The molecule has 1 atom stereocenters. The van der Waals surface area contributed by atoms with E-state index in [9.17, 15) is 18.4 Å². The van der Waals surface area contributed by atoms with E-state index < -0.39 is 29.6 Å². The molecule has 0 fully saturated rings. The van der Waals surface area contributed by atoms with Crippen molar-refractivity contribution < 1.29 is 23.5 Å². The van der Waals surface area contributed by atoms with E-state index in [1.807, 2.05) is 0 Å². The Morgan fingerprint density at radius 1 is 1.38 bits per heavy atom. The lowest BCUT2D eigenvalue weighted by Crippen LogP contribution is -2.40. The lowest BCUT2D eigenvalue weighted by atomic mass is 10.2. The van der Waals surface area contributed by atoms with Crippen LogP contribution in [0, 0.1) is 17.6 Å². The molecular formula is C13H15BrF2N2O3. The number of urea groups is 1. The SMILES string of the molecule is CC(CN(C)C(=O)NCc1c(F)cc(Br)cc1F)C(=O)O. The number of benzene rings is 1. The van der Waals surface area contributed by atoms with Crippen LogP contribution in [0.4, 0.5) is 13.6 Å². The number of carbonyl (C=O) groups is 2. The molecule has 0 aromatic heterocycles. The minimum atomic E-state index is -1.03. The van der Waals surface area contributed by atoms with Crippen molar-refractivity contribution in [3.63, 3.8) is 0 Å². The molecule has 0 aliphatic rings. The average molecular weight is 365 g/mol. The van der Waals surface area contributed by atoms with E-state index in [1.54, 1.807) is 0 Å². The number of halogens is 3. The molecule has 8 heteroatoms. The van der Waals surface area contributed by atoms with Crippen LogP contribution in [0.5, 0.6) is 0 Å². The summed E-state index contributed by atoms with van der Waals surface area (Å²) in [5.74, 6) is -3.31. The molecule has 2 N–H and O–H groups in total. The second kappa shape index (κ2) is 7.35. The molecule has 0 saturated heterocycles. The number of rotatable bonds is 5. The Bertz CT molecular complexity index is 531. The van der Waals surface area contributed by atoms with Gasteiger partial charge < -0.3 is 15.3 Å². The summed E-state index contributed by atoms with van der Waals surface area (Å²) in [6, 6.07) is 1.59. The van der Waals surface area contributed by atoms with Gasteiger partial charge >= 0.3 is 12.0 Å². The second-order valence-corrected chi connectivity index (χ2v) is 5.54. The summed E-state index contributed by atoms with van der Waals surface area (Å²) in [4.78, 5) is 23.6. The third-order valence-corrected chi connectivity index (χ3v) is 3.30. The number of nitrogens with one attached hydrogen (secondary N) is 1. The van der Waals surface area contributed by atoms with Crippen molar-refractivity contribution in [3.8, 4) is 0 Å². The molecule has 116 valence electrons. The summed E-state index contributed by atoms with van der Waals surface area (Å²) >= 11 is 2.96. The van der Waals surface area contributed by atoms with Crippen molar-refractivity contribution in [1.82, 2.24) is 10.2 Å². The first-order valence-corrected chi connectivity index (χ1v) is 6.86. The molecule has 5 nitrogen and oxygen atoms in total. The fraction of sp³-hybridized carbons (Fsp3) is 0.385. The minimum absolute atomic E-state index is 0.00747. The summed E-state index contributed by atoms with van der Waals surface area (Å²) in [5.41, 5.74) is -0.258. The Kier molecular flexibility index (Phi) is 6.07. The van der Waals surface area contributed by atoms with Crippen LogP contribution in [0.2, 0.25) is 0 Å². The first kappa shape index (κ1) is 17.4.